The molecule has 1 aromatic rings. The van der Waals surface area contributed by atoms with Gasteiger partial charge in [0.05, 0.1) is 0 Å². The van der Waals surface area contributed by atoms with Gasteiger partial charge < -0.3 is 15.5 Å². The van der Waals surface area contributed by atoms with Gasteiger partial charge in [0.1, 0.15) is 0 Å². The molecule has 0 aliphatic heterocycles. The monoisotopic (exact) mass is 221 g/mol. The number of rotatable bonds is 2. The Bertz CT molecular complexity index is 397. The molecule has 0 heterocycles. The van der Waals surface area contributed by atoms with Crippen molar-refractivity contribution in [2.75, 3.05) is 0 Å². The molecule has 1 saturated carbocycles. The van der Waals surface area contributed by atoms with E-state index in [1.165, 1.54) is 18.2 Å². The van der Waals surface area contributed by atoms with E-state index in [0.29, 0.717) is 5.56 Å². The van der Waals surface area contributed by atoms with Gasteiger partial charge >= 0.3 is 0 Å². The van der Waals surface area contributed by atoms with E-state index < -0.39 is 0 Å². The lowest BCUT2D eigenvalue weighted by Gasteiger charge is -2.12. The number of nitrogens with one attached hydrogen (secondary N) is 1. The second-order valence-corrected chi connectivity index (χ2v) is 4.16. The van der Waals surface area contributed by atoms with Crippen molar-refractivity contribution in [2.24, 2.45) is 0 Å². The fourth-order valence-electron chi connectivity index (χ4n) is 2.00. The van der Waals surface area contributed by atoms with Gasteiger partial charge in [-0.3, -0.25) is 4.79 Å². The highest BCUT2D eigenvalue weighted by atomic mass is 16.3. The first-order chi connectivity index (χ1) is 7.66. The smallest absolute Gasteiger partial charge is 0.251 e. The molecule has 1 aromatic carbocycles. The van der Waals surface area contributed by atoms with E-state index in [9.17, 15) is 9.90 Å². The maximum absolute atomic E-state index is 11.8. The van der Waals surface area contributed by atoms with Gasteiger partial charge in [0.15, 0.2) is 11.5 Å². The van der Waals surface area contributed by atoms with Crippen LogP contribution in [0.25, 0.3) is 0 Å². The quantitative estimate of drug-likeness (QED) is 0.666. The van der Waals surface area contributed by atoms with E-state index >= 15 is 0 Å². The minimum atomic E-state index is -0.265. The van der Waals surface area contributed by atoms with Crippen molar-refractivity contribution < 1.29 is 15.0 Å². The standard InChI is InChI=1S/C12H15NO3/c14-10-6-5-8(7-11(10)15)12(16)13-9-3-1-2-4-9/h5-7,9,14-15H,1-4H2,(H,13,16). The van der Waals surface area contributed by atoms with E-state index in [1.807, 2.05) is 0 Å². The van der Waals surface area contributed by atoms with Crippen LogP contribution in [0.15, 0.2) is 18.2 Å². The first kappa shape index (κ1) is 10.8. The minimum Gasteiger partial charge on any atom is -0.504 e. The largest absolute Gasteiger partial charge is 0.504 e. The highest BCUT2D eigenvalue weighted by molar-refractivity contribution is 5.95. The molecule has 0 unspecified atom stereocenters. The maximum Gasteiger partial charge on any atom is 0.251 e. The summed E-state index contributed by atoms with van der Waals surface area (Å²) in [6, 6.07) is 4.35. The van der Waals surface area contributed by atoms with Crippen molar-refractivity contribution in [1.29, 1.82) is 0 Å². The second kappa shape index (κ2) is 4.43. The number of benzene rings is 1. The average Bonchev–Trinajstić information content (AvgIpc) is 2.74. The number of hydrogen-bond donors (Lipinski definition) is 3. The Hall–Kier alpha value is -1.71. The number of hydrogen-bond acceptors (Lipinski definition) is 3. The molecule has 86 valence electrons. The lowest BCUT2D eigenvalue weighted by atomic mass is 10.1. The zero-order valence-electron chi connectivity index (χ0n) is 8.94. The molecular weight excluding hydrogens is 206 g/mol. The van der Waals surface area contributed by atoms with E-state index in [2.05, 4.69) is 5.32 Å². The first-order valence-corrected chi connectivity index (χ1v) is 5.49. The molecule has 1 amide bonds. The van der Waals surface area contributed by atoms with E-state index in [1.54, 1.807) is 0 Å². The van der Waals surface area contributed by atoms with Gasteiger partial charge in [0.2, 0.25) is 0 Å². The van der Waals surface area contributed by atoms with Crippen LogP contribution in [0, 0.1) is 0 Å². The predicted octanol–water partition coefficient (Wildman–Crippen LogP) is 1.77. The summed E-state index contributed by atoms with van der Waals surface area (Å²) in [5, 5.41) is 21.3. The van der Waals surface area contributed by atoms with Gasteiger partial charge in [-0.15, -0.1) is 0 Å². The molecule has 1 fully saturated rings. The molecule has 0 bridgehead atoms. The molecule has 0 radical (unpaired) electrons. The van der Waals surface area contributed by atoms with Gasteiger partial charge in [0, 0.05) is 11.6 Å². The molecule has 4 heteroatoms. The first-order valence-electron chi connectivity index (χ1n) is 5.49. The molecule has 3 N–H and O–H groups in total. The van der Waals surface area contributed by atoms with Crippen LogP contribution < -0.4 is 5.32 Å². The SMILES string of the molecule is O=C(NC1CCCC1)c1ccc(O)c(O)c1. The summed E-state index contributed by atoms with van der Waals surface area (Å²) in [7, 11) is 0. The Morgan fingerprint density at radius 3 is 2.50 bits per heavy atom. The van der Waals surface area contributed by atoms with Crippen LogP contribution in [0.3, 0.4) is 0 Å². The van der Waals surface area contributed by atoms with Crippen LogP contribution in [-0.2, 0) is 0 Å². The second-order valence-electron chi connectivity index (χ2n) is 4.16. The van der Waals surface area contributed by atoms with Gasteiger partial charge in [0.25, 0.3) is 5.91 Å². The zero-order chi connectivity index (χ0) is 11.5. The summed E-state index contributed by atoms with van der Waals surface area (Å²) >= 11 is 0. The highest BCUT2D eigenvalue weighted by Gasteiger charge is 2.18. The fourth-order valence-corrected chi connectivity index (χ4v) is 2.00. The molecule has 1 aliphatic carbocycles. The molecule has 0 atom stereocenters. The highest BCUT2D eigenvalue weighted by Crippen LogP contribution is 2.25. The van der Waals surface area contributed by atoms with Crippen LogP contribution in [0.1, 0.15) is 36.0 Å². The Labute approximate surface area is 93.9 Å². The molecule has 4 nitrogen and oxygen atoms in total. The summed E-state index contributed by atoms with van der Waals surface area (Å²) in [6.45, 7) is 0. The van der Waals surface area contributed by atoms with Gasteiger partial charge in [-0.05, 0) is 31.0 Å². The van der Waals surface area contributed by atoms with Crippen molar-refractivity contribution >= 4 is 5.91 Å². The summed E-state index contributed by atoms with van der Waals surface area (Å²) < 4.78 is 0. The number of carbonyl (C=O) groups is 1. The average molecular weight is 221 g/mol. The van der Waals surface area contributed by atoms with E-state index in [0.717, 1.165) is 25.7 Å². The van der Waals surface area contributed by atoms with Gasteiger partial charge in [-0.25, -0.2) is 0 Å². The Morgan fingerprint density at radius 1 is 1.19 bits per heavy atom. The van der Waals surface area contributed by atoms with Crippen LogP contribution in [0.4, 0.5) is 0 Å². The number of phenols is 2. The van der Waals surface area contributed by atoms with Crippen molar-refractivity contribution in [1.82, 2.24) is 5.32 Å². The summed E-state index contributed by atoms with van der Waals surface area (Å²) in [4.78, 5) is 11.8. The molecule has 0 spiro atoms. The summed E-state index contributed by atoms with van der Waals surface area (Å²) in [6.07, 6.45) is 4.36. The lowest BCUT2D eigenvalue weighted by Crippen LogP contribution is -2.32. The van der Waals surface area contributed by atoms with Crippen LogP contribution in [0.2, 0.25) is 0 Å². The van der Waals surface area contributed by atoms with E-state index in [4.69, 9.17) is 5.11 Å². The molecule has 0 saturated heterocycles. The third kappa shape index (κ3) is 2.27. The minimum absolute atomic E-state index is 0.192. The molecule has 16 heavy (non-hydrogen) atoms. The maximum atomic E-state index is 11.8. The number of carbonyl (C=O) groups excluding carboxylic acids is 1. The van der Waals surface area contributed by atoms with Crippen molar-refractivity contribution in [3.63, 3.8) is 0 Å². The Balaban J connectivity index is 2.05. The Morgan fingerprint density at radius 2 is 1.88 bits per heavy atom. The van der Waals surface area contributed by atoms with E-state index in [-0.39, 0.29) is 23.4 Å². The van der Waals surface area contributed by atoms with Crippen LogP contribution in [-0.4, -0.2) is 22.2 Å². The van der Waals surface area contributed by atoms with Crippen molar-refractivity contribution in [2.45, 2.75) is 31.7 Å². The lowest BCUT2D eigenvalue weighted by molar-refractivity contribution is 0.0937. The van der Waals surface area contributed by atoms with Crippen LogP contribution in [0.5, 0.6) is 11.5 Å². The Kier molecular flexibility index (Phi) is 2.99. The van der Waals surface area contributed by atoms with Gasteiger partial charge in [-0.1, -0.05) is 12.8 Å². The fraction of sp³-hybridized carbons (Fsp3) is 0.417. The summed E-state index contributed by atoms with van der Waals surface area (Å²) in [5.41, 5.74) is 0.377. The third-order valence-corrected chi connectivity index (χ3v) is 2.93. The topological polar surface area (TPSA) is 69.6 Å². The molecule has 2 rings (SSSR count). The molecular formula is C12H15NO3. The van der Waals surface area contributed by atoms with Crippen molar-refractivity contribution in [3.05, 3.63) is 23.8 Å². The predicted molar refractivity (Wildman–Crippen MR) is 59.5 cm³/mol. The molecule has 1 aliphatic rings. The molecule has 0 aromatic heterocycles. The zero-order valence-corrected chi connectivity index (χ0v) is 8.94. The number of phenolic OH excluding ortho intramolecular Hbond substituents is 2. The van der Waals surface area contributed by atoms with Crippen LogP contribution >= 0.6 is 0 Å². The summed E-state index contributed by atoms with van der Waals surface area (Å²) in [5.74, 6) is -0.668. The normalized spacial score (nSPS) is 16.2. The number of amides is 1. The number of aromatic hydroxyl groups is 2. The third-order valence-electron chi connectivity index (χ3n) is 2.93. The van der Waals surface area contributed by atoms with Gasteiger partial charge in [-0.2, -0.15) is 0 Å². The van der Waals surface area contributed by atoms with Crippen molar-refractivity contribution in [3.8, 4) is 11.5 Å².